The van der Waals surface area contributed by atoms with Crippen molar-refractivity contribution in [3.8, 4) is 5.75 Å². The monoisotopic (exact) mass is 326 g/mol. The summed E-state index contributed by atoms with van der Waals surface area (Å²) in [6.07, 6.45) is 1.10. The van der Waals surface area contributed by atoms with E-state index in [4.69, 9.17) is 4.74 Å². The summed E-state index contributed by atoms with van der Waals surface area (Å²) >= 11 is 0. The van der Waals surface area contributed by atoms with Crippen LogP contribution in [0, 0.1) is 26.7 Å². The Morgan fingerprint density at radius 3 is 2.55 bits per heavy atom. The molecule has 1 aromatic rings. The number of ether oxygens (including phenoxy) is 1. The second-order valence-corrected chi connectivity index (χ2v) is 6.16. The van der Waals surface area contributed by atoms with Gasteiger partial charge in [-0.2, -0.15) is 0 Å². The van der Waals surface area contributed by atoms with E-state index >= 15 is 0 Å². The molecular weight excluding hydrogens is 300 g/mol. The third kappa shape index (κ3) is 4.89. The van der Waals surface area contributed by atoms with Gasteiger partial charge in [0.2, 0.25) is 0 Å². The fourth-order valence-corrected chi connectivity index (χ4v) is 2.96. The van der Waals surface area contributed by atoms with Gasteiger partial charge in [-0.3, -0.25) is 4.79 Å². The van der Waals surface area contributed by atoms with E-state index in [-0.39, 0.29) is 31.0 Å². The highest BCUT2D eigenvalue weighted by atomic mass is 35.5. The van der Waals surface area contributed by atoms with Crippen LogP contribution in [0.25, 0.3) is 0 Å². The molecule has 124 valence electrons. The van der Waals surface area contributed by atoms with E-state index in [0.29, 0.717) is 5.92 Å². The first-order chi connectivity index (χ1) is 9.97. The van der Waals surface area contributed by atoms with Gasteiger partial charge in [0.15, 0.2) is 6.61 Å². The summed E-state index contributed by atoms with van der Waals surface area (Å²) in [7, 11) is 0. The topological polar surface area (TPSA) is 50.4 Å². The summed E-state index contributed by atoms with van der Waals surface area (Å²) in [5.74, 6) is 1.29. The highest BCUT2D eigenvalue weighted by molar-refractivity contribution is 5.85. The fraction of sp³-hybridized carbons (Fsp3) is 0.588. The molecule has 1 aliphatic rings. The summed E-state index contributed by atoms with van der Waals surface area (Å²) in [6, 6.07) is 4.36. The predicted molar refractivity (Wildman–Crippen MR) is 92.0 cm³/mol. The molecule has 1 saturated heterocycles. The van der Waals surface area contributed by atoms with E-state index in [1.165, 1.54) is 5.56 Å². The summed E-state index contributed by atoms with van der Waals surface area (Å²) in [5, 5.41) is 6.38. The summed E-state index contributed by atoms with van der Waals surface area (Å²) in [5.41, 5.74) is 3.37. The van der Waals surface area contributed by atoms with Crippen molar-refractivity contribution in [2.45, 2.75) is 40.2 Å². The van der Waals surface area contributed by atoms with Crippen LogP contribution in [0.5, 0.6) is 5.75 Å². The van der Waals surface area contributed by atoms with Gasteiger partial charge in [0.25, 0.3) is 5.91 Å². The van der Waals surface area contributed by atoms with Crippen LogP contribution in [-0.2, 0) is 4.79 Å². The molecule has 5 heteroatoms. The number of amides is 1. The van der Waals surface area contributed by atoms with Crippen LogP contribution in [0.3, 0.4) is 0 Å². The molecule has 0 saturated carbocycles. The van der Waals surface area contributed by atoms with Gasteiger partial charge < -0.3 is 15.4 Å². The Balaban J connectivity index is 0.00000242. The minimum Gasteiger partial charge on any atom is -0.483 e. The average Bonchev–Trinajstić information content (AvgIpc) is 2.40. The molecule has 2 rings (SSSR count). The van der Waals surface area contributed by atoms with Gasteiger partial charge in [0, 0.05) is 12.6 Å². The molecule has 1 fully saturated rings. The number of hydrogen-bond donors (Lipinski definition) is 2. The Kier molecular flexibility index (Phi) is 7.17. The Bertz CT molecular complexity index is 496. The van der Waals surface area contributed by atoms with E-state index in [2.05, 4.69) is 36.6 Å². The van der Waals surface area contributed by atoms with Gasteiger partial charge in [-0.1, -0.05) is 24.6 Å². The van der Waals surface area contributed by atoms with Crippen LogP contribution in [-0.4, -0.2) is 31.6 Å². The maximum atomic E-state index is 12.1. The molecule has 1 aliphatic heterocycles. The van der Waals surface area contributed by atoms with E-state index in [1.54, 1.807) is 0 Å². The summed E-state index contributed by atoms with van der Waals surface area (Å²) in [4.78, 5) is 12.1. The first kappa shape index (κ1) is 18.8. The highest BCUT2D eigenvalue weighted by Crippen LogP contribution is 2.24. The van der Waals surface area contributed by atoms with Gasteiger partial charge in [0.05, 0.1) is 0 Å². The lowest BCUT2D eigenvalue weighted by Gasteiger charge is -2.30. The molecule has 1 amide bonds. The average molecular weight is 327 g/mol. The van der Waals surface area contributed by atoms with Crippen molar-refractivity contribution in [3.63, 3.8) is 0 Å². The molecule has 2 atom stereocenters. The molecular formula is C17H27ClN2O2. The number of carbonyl (C=O) groups excluding carboxylic acids is 1. The van der Waals surface area contributed by atoms with Crippen LogP contribution < -0.4 is 15.4 Å². The third-order valence-corrected chi connectivity index (χ3v) is 4.13. The molecule has 0 aliphatic carbocycles. The molecule has 1 heterocycles. The molecule has 0 bridgehead atoms. The maximum absolute atomic E-state index is 12.1. The zero-order chi connectivity index (χ0) is 15.4. The molecule has 2 N–H and O–H groups in total. The number of rotatable bonds is 4. The number of benzene rings is 1. The number of aryl methyl sites for hydroxylation is 3. The van der Waals surface area contributed by atoms with Crippen LogP contribution in [0.2, 0.25) is 0 Å². The summed E-state index contributed by atoms with van der Waals surface area (Å²) < 4.78 is 5.73. The van der Waals surface area contributed by atoms with Crippen molar-refractivity contribution in [3.05, 3.63) is 28.8 Å². The summed E-state index contributed by atoms with van der Waals surface area (Å²) in [6.45, 7) is 10.2. The van der Waals surface area contributed by atoms with Crippen molar-refractivity contribution in [2.75, 3.05) is 19.7 Å². The standard InChI is InChI=1S/C17H26N2O2.ClH/c1-11-7-13(3)17(14(4)8-11)21-10-16(20)19-15-9-18-6-5-12(15)2;/h7-8,12,15,18H,5-6,9-10H2,1-4H3,(H,19,20);1H. The Morgan fingerprint density at radius 2 is 1.95 bits per heavy atom. The van der Waals surface area contributed by atoms with Gasteiger partial charge in [0.1, 0.15) is 5.75 Å². The lowest BCUT2D eigenvalue weighted by Crippen LogP contribution is -2.51. The second-order valence-electron chi connectivity index (χ2n) is 6.16. The number of halogens is 1. The first-order valence-electron chi connectivity index (χ1n) is 7.68. The van der Waals surface area contributed by atoms with Gasteiger partial charge >= 0.3 is 0 Å². The van der Waals surface area contributed by atoms with Crippen LogP contribution in [0.4, 0.5) is 0 Å². The van der Waals surface area contributed by atoms with Gasteiger partial charge in [-0.05, 0) is 50.8 Å². The first-order valence-corrected chi connectivity index (χ1v) is 7.68. The normalized spacial score (nSPS) is 20.9. The lowest BCUT2D eigenvalue weighted by molar-refractivity contribution is -0.124. The quantitative estimate of drug-likeness (QED) is 0.894. The molecule has 0 aromatic heterocycles. The zero-order valence-electron chi connectivity index (χ0n) is 13.9. The van der Waals surface area contributed by atoms with E-state index < -0.39 is 0 Å². The van der Waals surface area contributed by atoms with Crippen LogP contribution >= 0.6 is 12.4 Å². The van der Waals surface area contributed by atoms with E-state index in [1.807, 2.05) is 13.8 Å². The fourth-order valence-electron chi connectivity index (χ4n) is 2.96. The van der Waals surface area contributed by atoms with Crippen LogP contribution in [0.1, 0.15) is 30.0 Å². The largest absolute Gasteiger partial charge is 0.483 e. The molecule has 2 unspecified atom stereocenters. The predicted octanol–water partition coefficient (Wildman–Crippen LogP) is 2.53. The van der Waals surface area contributed by atoms with Crippen LogP contribution in [0.15, 0.2) is 12.1 Å². The second kappa shape index (κ2) is 8.39. The van der Waals surface area contributed by atoms with Crippen molar-refractivity contribution in [1.82, 2.24) is 10.6 Å². The number of hydrogen-bond acceptors (Lipinski definition) is 3. The number of piperidine rings is 1. The maximum Gasteiger partial charge on any atom is 0.258 e. The van der Waals surface area contributed by atoms with E-state index in [9.17, 15) is 4.79 Å². The number of nitrogens with one attached hydrogen (secondary N) is 2. The molecule has 1 aromatic carbocycles. The Morgan fingerprint density at radius 1 is 1.32 bits per heavy atom. The Labute approximate surface area is 139 Å². The number of carbonyl (C=O) groups is 1. The minimum atomic E-state index is -0.0464. The lowest BCUT2D eigenvalue weighted by atomic mass is 9.95. The molecule has 4 nitrogen and oxygen atoms in total. The van der Waals surface area contributed by atoms with Crippen molar-refractivity contribution >= 4 is 18.3 Å². The van der Waals surface area contributed by atoms with Crippen molar-refractivity contribution in [2.24, 2.45) is 5.92 Å². The zero-order valence-corrected chi connectivity index (χ0v) is 14.7. The Hall–Kier alpha value is -1.26. The third-order valence-electron chi connectivity index (χ3n) is 4.13. The smallest absolute Gasteiger partial charge is 0.258 e. The SMILES string of the molecule is Cc1cc(C)c(OCC(=O)NC2CNCCC2C)c(C)c1.Cl. The van der Waals surface area contributed by atoms with Gasteiger partial charge in [-0.15, -0.1) is 12.4 Å². The van der Waals surface area contributed by atoms with E-state index in [0.717, 1.165) is 36.4 Å². The minimum absolute atomic E-state index is 0. The van der Waals surface area contributed by atoms with Gasteiger partial charge in [-0.25, -0.2) is 0 Å². The van der Waals surface area contributed by atoms with Crippen molar-refractivity contribution < 1.29 is 9.53 Å². The molecule has 22 heavy (non-hydrogen) atoms. The molecule has 0 spiro atoms. The molecule has 0 radical (unpaired) electrons. The van der Waals surface area contributed by atoms with Crippen molar-refractivity contribution in [1.29, 1.82) is 0 Å². The highest BCUT2D eigenvalue weighted by Gasteiger charge is 2.22.